The number of aliphatic imine (C=N–C) groups is 1. The number of para-hydroxylation sites is 1. The number of halogens is 2. The van der Waals surface area contributed by atoms with Crippen LogP contribution in [0.4, 0.5) is 0 Å². The van der Waals surface area contributed by atoms with Crippen LogP contribution in [0, 0.1) is 0 Å². The third-order valence-corrected chi connectivity index (χ3v) is 4.49. The fourth-order valence-electron chi connectivity index (χ4n) is 2.66. The Bertz CT molecular complexity index is 919. The van der Waals surface area contributed by atoms with Gasteiger partial charge in [0.25, 0.3) is 0 Å². The van der Waals surface area contributed by atoms with Crippen LogP contribution in [0.15, 0.2) is 59.7 Å². The fourth-order valence-corrected chi connectivity index (χ4v) is 3.24. The first-order chi connectivity index (χ1) is 12.0. The van der Waals surface area contributed by atoms with E-state index < -0.39 is 0 Å². The van der Waals surface area contributed by atoms with Crippen molar-refractivity contribution in [3.63, 3.8) is 0 Å². The number of aromatic nitrogens is 1. The summed E-state index contributed by atoms with van der Waals surface area (Å²) in [5.74, 6) is 0.353. The highest BCUT2D eigenvalue weighted by Gasteiger charge is 2.10. The molecule has 3 N–H and O–H groups in total. The summed E-state index contributed by atoms with van der Waals surface area (Å²) in [6.45, 7) is 2.42. The van der Waals surface area contributed by atoms with Crippen molar-refractivity contribution in [1.82, 2.24) is 10.3 Å². The predicted octanol–water partition coefficient (Wildman–Crippen LogP) is 4.71. The van der Waals surface area contributed by atoms with E-state index in [2.05, 4.69) is 15.3 Å². The number of nitrogens with zero attached hydrogens (tertiary/aromatic N) is 2. The smallest absolute Gasteiger partial charge is 0.189 e. The molecule has 25 heavy (non-hydrogen) atoms. The van der Waals surface area contributed by atoms with Crippen molar-refractivity contribution in [2.24, 2.45) is 10.7 Å². The molecule has 4 nitrogen and oxygen atoms in total. The van der Waals surface area contributed by atoms with Crippen LogP contribution in [0.5, 0.6) is 0 Å². The number of nitrogens with one attached hydrogen (secondary N) is 1. The predicted molar refractivity (Wildman–Crippen MR) is 105 cm³/mol. The molecule has 2 aromatic carbocycles. The summed E-state index contributed by atoms with van der Waals surface area (Å²) in [6, 6.07) is 15.3. The minimum Gasteiger partial charge on any atom is -0.370 e. The summed E-state index contributed by atoms with van der Waals surface area (Å²) in [5, 5.41) is 5.44. The molecule has 1 unspecified atom stereocenters. The van der Waals surface area contributed by atoms with Gasteiger partial charge in [-0.15, -0.1) is 0 Å². The number of rotatable bonds is 4. The third kappa shape index (κ3) is 4.21. The van der Waals surface area contributed by atoms with E-state index in [1.165, 1.54) is 0 Å². The Hall–Kier alpha value is -2.30. The summed E-state index contributed by atoms with van der Waals surface area (Å²) >= 11 is 12.2. The maximum atomic E-state index is 6.23. The lowest BCUT2D eigenvalue weighted by Crippen LogP contribution is -2.34. The number of guanidine groups is 1. The normalized spacial score (nSPS) is 13.0. The van der Waals surface area contributed by atoms with Gasteiger partial charge in [0.1, 0.15) is 0 Å². The Kier molecular flexibility index (Phi) is 5.41. The third-order valence-electron chi connectivity index (χ3n) is 3.93. The Morgan fingerprint density at radius 1 is 1.20 bits per heavy atom. The maximum Gasteiger partial charge on any atom is 0.189 e. The second kappa shape index (κ2) is 7.72. The Morgan fingerprint density at radius 3 is 2.80 bits per heavy atom. The second-order valence-corrected chi connectivity index (χ2v) is 6.57. The molecule has 1 aromatic heterocycles. The van der Waals surface area contributed by atoms with Crippen LogP contribution in [-0.4, -0.2) is 10.9 Å². The Labute approximate surface area is 156 Å². The zero-order chi connectivity index (χ0) is 17.8. The lowest BCUT2D eigenvalue weighted by molar-refractivity contribution is 0.708. The first kappa shape index (κ1) is 17.5. The zero-order valence-corrected chi connectivity index (χ0v) is 15.2. The molecule has 0 radical (unpaired) electrons. The fraction of sp³-hybridized carbons (Fsp3) is 0.158. The number of hydrogen-bond acceptors (Lipinski definition) is 2. The SMILES string of the molecule is CC(NC(N)=NCc1cccc2cccnc12)c1ccc(Cl)cc1Cl. The number of benzene rings is 2. The van der Waals surface area contributed by atoms with Crippen molar-refractivity contribution in [2.75, 3.05) is 0 Å². The van der Waals surface area contributed by atoms with Crippen molar-refractivity contribution < 1.29 is 0 Å². The molecule has 3 rings (SSSR count). The van der Waals surface area contributed by atoms with Gasteiger partial charge in [-0.3, -0.25) is 4.98 Å². The highest BCUT2D eigenvalue weighted by Crippen LogP contribution is 2.26. The first-order valence-corrected chi connectivity index (χ1v) is 8.64. The van der Waals surface area contributed by atoms with Crippen LogP contribution in [0.1, 0.15) is 24.1 Å². The molecule has 0 aliphatic carbocycles. The molecule has 6 heteroatoms. The molecule has 0 amide bonds. The van der Waals surface area contributed by atoms with Gasteiger partial charge in [-0.2, -0.15) is 0 Å². The van der Waals surface area contributed by atoms with Gasteiger partial charge >= 0.3 is 0 Å². The van der Waals surface area contributed by atoms with Crippen LogP contribution in [0.3, 0.4) is 0 Å². The summed E-state index contributed by atoms with van der Waals surface area (Å²) in [5.41, 5.74) is 8.91. The monoisotopic (exact) mass is 372 g/mol. The van der Waals surface area contributed by atoms with Gasteiger partial charge in [-0.1, -0.05) is 53.5 Å². The van der Waals surface area contributed by atoms with Crippen molar-refractivity contribution in [2.45, 2.75) is 19.5 Å². The maximum absolute atomic E-state index is 6.23. The zero-order valence-electron chi connectivity index (χ0n) is 13.7. The van der Waals surface area contributed by atoms with Crippen molar-refractivity contribution in [3.05, 3.63) is 75.9 Å². The van der Waals surface area contributed by atoms with E-state index in [0.717, 1.165) is 22.0 Å². The van der Waals surface area contributed by atoms with Gasteiger partial charge in [0, 0.05) is 21.6 Å². The Morgan fingerprint density at radius 2 is 2.00 bits per heavy atom. The topological polar surface area (TPSA) is 63.3 Å². The lowest BCUT2D eigenvalue weighted by Gasteiger charge is -2.16. The number of fused-ring (bicyclic) bond motifs is 1. The summed E-state index contributed by atoms with van der Waals surface area (Å²) in [7, 11) is 0. The number of hydrogen-bond donors (Lipinski definition) is 2. The second-order valence-electron chi connectivity index (χ2n) is 5.73. The largest absolute Gasteiger partial charge is 0.370 e. The van der Waals surface area contributed by atoms with Crippen LogP contribution in [0.25, 0.3) is 10.9 Å². The van der Waals surface area contributed by atoms with Crippen molar-refractivity contribution in [1.29, 1.82) is 0 Å². The van der Waals surface area contributed by atoms with E-state index in [1.54, 1.807) is 18.3 Å². The Balaban J connectivity index is 1.73. The molecule has 128 valence electrons. The van der Waals surface area contributed by atoms with E-state index in [1.807, 2.05) is 43.3 Å². The molecular formula is C19H18Cl2N4. The van der Waals surface area contributed by atoms with Gasteiger partial charge in [-0.25, -0.2) is 4.99 Å². The molecule has 0 aliphatic heterocycles. The van der Waals surface area contributed by atoms with Crippen molar-refractivity contribution in [3.8, 4) is 0 Å². The van der Waals surface area contributed by atoms with E-state index in [-0.39, 0.29) is 6.04 Å². The molecule has 0 fully saturated rings. The molecular weight excluding hydrogens is 355 g/mol. The van der Waals surface area contributed by atoms with Gasteiger partial charge in [-0.05, 0) is 36.2 Å². The van der Waals surface area contributed by atoms with Gasteiger partial charge in [0.2, 0.25) is 0 Å². The summed E-state index contributed by atoms with van der Waals surface area (Å²) in [4.78, 5) is 8.86. The van der Waals surface area contributed by atoms with Crippen molar-refractivity contribution >= 4 is 40.1 Å². The van der Waals surface area contributed by atoms with Crippen LogP contribution in [0.2, 0.25) is 10.0 Å². The van der Waals surface area contributed by atoms with Crippen LogP contribution in [-0.2, 0) is 6.54 Å². The highest BCUT2D eigenvalue weighted by molar-refractivity contribution is 6.35. The van der Waals surface area contributed by atoms with E-state index >= 15 is 0 Å². The average Bonchev–Trinajstić information content (AvgIpc) is 2.59. The molecule has 1 heterocycles. The summed E-state index contributed by atoms with van der Waals surface area (Å²) in [6.07, 6.45) is 1.78. The molecule has 3 aromatic rings. The first-order valence-electron chi connectivity index (χ1n) is 7.88. The van der Waals surface area contributed by atoms with Gasteiger partial charge < -0.3 is 11.1 Å². The number of nitrogens with two attached hydrogens (primary N) is 1. The lowest BCUT2D eigenvalue weighted by atomic mass is 10.1. The average molecular weight is 373 g/mol. The summed E-state index contributed by atoms with van der Waals surface area (Å²) < 4.78 is 0. The minimum atomic E-state index is -0.0841. The van der Waals surface area contributed by atoms with E-state index in [9.17, 15) is 0 Å². The van der Waals surface area contributed by atoms with E-state index in [0.29, 0.717) is 22.5 Å². The standard InChI is InChI=1S/C19H18Cl2N4/c1-12(16-8-7-15(20)10-17(16)21)25-19(22)24-11-14-5-2-4-13-6-3-9-23-18(13)14/h2-10,12H,11H2,1H3,(H3,22,24,25). The molecule has 0 aliphatic rings. The van der Waals surface area contributed by atoms with Crippen LogP contribution >= 0.6 is 23.2 Å². The molecule has 0 bridgehead atoms. The quantitative estimate of drug-likeness (QED) is 0.514. The molecule has 0 spiro atoms. The minimum absolute atomic E-state index is 0.0841. The molecule has 1 atom stereocenters. The van der Waals surface area contributed by atoms with Gasteiger partial charge in [0.05, 0.1) is 18.1 Å². The van der Waals surface area contributed by atoms with E-state index in [4.69, 9.17) is 28.9 Å². The number of pyridine rings is 1. The van der Waals surface area contributed by atoms with Gasteiger partial charge in [0.15, 0.2) is 5.96 Å². The molecule has 0 saturated carbocycles. The highest BCUT2D eigenvalue weighted by atomic mass is 35.5. The molecule has 0 saturated heterocycles. The van der Waals surface area contributed by atoms with Crippen LogP contribution < -0.4 is 11.1 Å².